The normalized spacial score (nSPS) is 21.5. The highest BCUT2D eigenvalue weighted by molar-refractivity contribution is 5.80. The maximum atomic E-state index is 12.8. The molecule has 0 bridgehead atoms. The van der Waals surface area contributed by atoms with Gasteiger partial charge in [0.25, 0.3) is 0 Å². The van der Waals surface area contributed by atoms with E-state index in [2.05, 4.69) is 34.9 Å². The van der Waals surface area contributed by atoms with E-state index in [1.807, 2.05) is 24.3 Å². The van der Waals surface area contributed by atoms with E-state index in [4.69, 9.17) is 9.84 Å². The SMILES string of the molecule is O=C(CC(NC(=O)OCC1c2ccccc2-c2ccccc21)C1CCC1)NC1C=CC(C(=O)O)C1. The average Bonchev–Trinajstić information content (AvgIpc) is 3.39. The van der Waals surface area contributed by atoms with E-state index in [0.29, 0.717) is 6.42 Å². The minimum Gasteiger partial charge on any atom is -0.481 e. The Morgan fingerprint density at radius 1 is 0.971 bits per heavy atom. The van der Waals surface area contributed by atoms with Crippen molar-refractivity contribution in [2.24, 2.45) is 11.8 Å². The van der Waals surface area contributed by atoms with Crippen LogP contribution in [0.4, 0.5) is 4.79 Å². The number of fused-ring (bicyclic) bond motifs is 3. The summed E-state index contributed by atoms with van der Waals surface area (Å²) in [6.45, 7) is 0.229. The van der Waals surface area contributed by atoms with Crippen LogP contribution in [0.2, 0.25) is 0 Å². The highest BCUT2D eigenvalue weighted by Gasteiger charge is 2.33. The largest absolute Gasteiger partial charge is 0.481 e. The van der Waals surface area contributed by atoms with Gasteiger partial charge in [-0.05, 0) is 47.4 Å². The lowest BCUT2D eigenvalue weighted by molar-refractivity contribution is -0.140. The highest BCUT2D eigenvalue weighted by atomic mass is 16.5. The zero-order chi connectivity index (χ0) is 24.4. The van der Waals surface area contributed by atoms with Crippen molar-refractivity contribution in [2.45, 2.75) is 50.1 Å². The summed E-state index contributed by atoms with van der Waals surface area (Å²) in [4.78, 5) is 36.6. The molecule has 3 aliphatic carbocycles. The van der Waals surface area contributed by atoms with Gasteiger partial charge in [0.2, 0.25) is 5.91 Å². The molecule has 3 unspecified atom stereocenters. The lowest BCUT2D eigenvalue weighted by Gasteiger charge is -2.34. The second-order valence-corrected chi connectivity index (χ2v) is 9.71. The first-order valence-corrected chi connectivity index (χ1v) is 12.3. The van der Waals surface area contributed by atoms with Crippen LogP contribution in [0.3, 0.4) is 0 Å². The topological polar surface area (TPSA) is 105 Å². The van der Waals surface area contributed by atoms with Gasteiger partial charge >= 0.3 is 12.1 Å². The van der Waals surface area contributed by atoms with E-state index >= 15 is 0 Å². The van der Waals surface area contributed by atoms with Crippen LogP contribution in [0.1, 0.15) is 49.1 Å². The van der Waals surface area contributed by atoms with Crippen LogP contribution >= 0.6 is 0 Å². The van der Waals surface area contributed by atoms with Gasteiger partial charge in [0.05, 0.1) is 5.92 Å². The molecule has 7 nitrogen and oxygen atoms in total. The van der Waals surface area contributed by atoms with Crippen molar-refractivity contribution >= 4 is 18.0 Å². The number of rotatable bonds is 8. The number of carboxylic acids is 1. The molecule has 0 aliphatic heterocycles. The summed E-state index contributed by atoms with van der Waals surface area (Å²) in [7, 11) is 0. The zero-order valence-electron chi connectivity index (χ0n) is 19.5. The van der Waals surface area contributed by atoms with E-state index in [0.717, 1.165) is 30.4 Å². The summed E-state index contributed by atoms with van der Waals surface area (Å²) in [5, 5.41) is 15.0. The van der Waals surface area contributed by atoms with Crippen LogP contribution in [-0.4, -0.2) is 41.8 Å². The number of benzene rings is 2. The van der Waals surface area contributed by atoms with Gasteiger partial charge in [-0.15, -0.1) is 0 Å². The van der Waals surface area contributed by atoms with Crippen LogP contribution in [-0.2, 0) is 14.3 Å². The van der Waals surface area contributed by atoms with Gasteiger partial charge in [-0.25, -0.2) is 4.79 Å². The monoisotopic (exact) mass is 474 g/mol. The van der Waals surface area contributed by atoms with Crippen LogP contribution < -0.4 is 10.6 Å². The Morgan fingerprint density at radius 3 is 2.20 bits per heavy atom. The molecule has 5 rings (SSSR count). The summed E-state index contributed by atoms with van der Waals surface area (Å²) < 4.78 is 5.69. The predicted molar refractivity (Wildman–Crippen MR) is 131 cm³/mol. The van der Waals surface area contributed by atoms with Crippen LogP contribution in [0.25, 0.3) is 11.1 Å². The van der Waals surface area contributed by atoms with Gasteiger partial charge in [-0.3, -0.25) is 9.59 Å². The molecule has 3 N–H and O–H groups in total. The van der Waals surface area contributed by atoms with Crippen LogP contribution in [0, 0.1) is 11.8 Å². The molecule has 0 aromatic heterocycles. The minimum atomic E-state index is -0.887. The zero-order valence-corrected chi connectivity index (χ0v) is 19.5. The predicted octanol–water partition coefficient (Wildman–Crippen LogP) is 4.23. The standard InChI is InChI=1S/C28H30N2O5/c31-26(29-19-13-12-18(14-19)27(32)33)15-25(17-6-5-7-17)30-28(34)35-16-24-22-10-3-1-8-20(22)21-9-2-4-11-23(21)24/h1-4,8-13,17-19,24-25H,5-7,14-16H2,(H,29,31)(H,30,34)(H,32,33). The molecule has 0 spiro atoms. The molecule has 7 heteroatoms. The molecule has 0 heterocycles. The Bertz CT molecular complexity index is 1110. The van der Waals surface area contributed by atoms with Crippen molar-refractivity contribution in [2.75, 3.05) is 6.61 Å². The van der Waals surface area contributed by atoms with Crippen LogP contribution in [0.5, 0.6) is 0 Å². The third kappa shape index (κ3) is 4.94. The van der Waals surface area contributed by atoms with Crippen LogP contribution in [0.15, 0.2) is 60.7 Å². The first-order chi connectivity index (χ1) is 17.0. The quantitative estimate of drug-likeness (QED) is 0.497. The van der Waals surface area contributed by atoms with E-state index < -0.39 is 18.0 Å². The second-order valence-electron chi connectivity index (χ2n) is 9.71. The molecule has 0 saturated heterocycles. The maximum Gasteiger partial charge on any atom is 0.407 e. The number of amides is 2. The third-order valence-electron chi connectivity index (χ3n) is 7.52. The van der Waals surface area contributed by atoms with E-state index in [9.17, 15) is 14.4 Å². The van der Waals surface area contributed by atoms with Crippen molar-refractivity contribution in [3.8, 4) is 11.1 Å². The Morgan fingerprint density at radius 2 is 1.63 bits per heavy atom. The van der Waals surface area contributed by atoms with Crippen molar-refractivity contribution in [3.63, 3.8) is 0 Å². The molecule has 0 radical (unpaired) electrons. The molecule has 1 saturated carbocycles. The Hall–Kier alpha value is -3.61. The molecular weight excluding hydrogens is 444 g/mol. The van der Waals surface area contributed by atoms with Gasteiger partial charge in [-0.1, -0.05) is 67.1 Å². The number of nitrogens with one attached hydrogen (secondary N) is 2. The summed E-state index contributed by atoms with van der Waals surface area (Å²) in [6, 6.07) is 15.8. The number of carbonyl (C=O) groups is 3. The molecule has 2 amide bonds. The number of hydrogen-bond acceptors (Lipinski definition) is 4. The number of aliphatic carboxylic acids is 1. The van der Waals surface area contributed by atoms with Gasteiger partial charge in [0.15, 0.2) is 0 Å². The molecule has 35 heavy (non-hydrogen) atoms. The fraction of sp³-hybridized carbons (Fsp3) is 0.393. The Balaban J connectivity index is 1.18. The average molecular weight is 475 g/mol. The second kappa shape index (κ2) is 9.94. The summed E-state index contributed by atoms with van der Waals surface area (Å²) >= 11 is 0. The van der Waals surface area contributed by atoms with Crippen molar-refractivity contribution in [1.82, 2.24) is 10.6 Å². The summed E-state index contributed by atoms with van der Waals surface area (Å²) in [5.41, 5.74) is 4.65. The van der Waals surface area contributed by atoms with Gasteiger partial charge in [0.1, 0.15) is 6.61 Å². The minimum absolute atomic E-state index is 0.0186. The smallest absolute Gasteiger partial charge is 0.407 e. The number of hydrogen-bond donors (Lipinski definition) is 3. The fourth-order valence-electron chi connectivity index (χ4n) is 5.42. The lowest BCUT2D eigenvalue weighted by Crippen LogP contribution is -2.47. The first-order valence-electron chi connectivity index (χ1n) is 12.3. The van der Waals surface area contributed by atoms with Crippen molar-refractivity contribution in [1.29, 1.82) is 0 Å². The molecule has 3 atom stereocenters. The lowest BCUT2D eigenvalue weighted by atomic mass is 9.78. The van der Waals surface area contributed by atoms with E-state index in [-0.39, 0.29) is 42.9 Å². The Kier molecular flexibility index (Phi) is 6.57. The van der Waals surface area contributed by atoms with Gasteiger partial charge in [0, 0.05) is 24.4 Å². The number of carbonyl (C=O) groups excluding carboxylic acids is 2. The molecule has 3 aliphatic rings. The van der Waals surface area contributed by atoms with E-state index in [1.54, 1.807) is 12.2 Å². The maximum absolute atomic E-state index is 12.8. The number of ether oxygens (including phenoxy) is 1. The Labute approximate surface area is 204 Å². The fourth-order valence-corrected chi connectivity index (χ4v) is 5.42. The third-order valence-corrected chi connectivity index (χ3v) is 7.52. The summed E-state index contributed by atoms with van der Waals surface area (Å²) in [6.07, 6.45) is 6.35. The number of carboxylic acid groups (broad SMARTS) is 1. The molecule has 182 valence electrons. The van der Waals surface area contributed by atoms with E-state index in [1.165, 1.54) is 11.1 Å². The molecular formula is C28H30N2O5. The van der Waals surface area contributed by atoms with Gasteiger partial charge < -0.3 is 20.5 Å². The van der Waals surface area contributed by atoms with Crippen molar-refractivity contribution in [3.05, 3.63) is 71.8 Å². The van der Waals surface area contributed by atoms with Crippen molar-refractivity contribution < 1.29 is 24.2 Å². The molecule has 2 aromatic carbocycles. The van der Waals surface area contributed by atoms with Gasteiger partial charge in [-0.2, -0.15) is 0 Å². The number of alkyl carbamates (subject to hydrolysis) is 1. The summed E-state index contributed by atoms with van der Waals surface area (Å²) in [5.74, 6) is -1.42. The molecule has 1 fully saturated rings. The molecule has 2 aromatic rings. The highest BCUT2D eigenvalue weighted by Crippen LogP contribution is 2.44. The first kappa shape index (κ1) is 23.1.